The van der Waals surface area contributed by atoms with Crippen molar-refractivity contribution in [2.24, 2.45) is 0 Å². The van der Waals surface area contributed by atoms with Crippen LogP contribution in [-0.4, -0.2) is 5.97 Å². The Hall–Kier alpha value is -1.18. The van der Waals surface area contributed by atoms with Gasteiger partial charge in [0, 0.05) is 11.8 Å². The van der Waals surface area contributed by atoms with Crippen LogP contribution in [0.15, 0.2) is 84.9 Å². The Kier molecular flexibility index (Phi) is 12.9. The van der Waals surface area contributed by atoms with E-state index in [1.165, 1.54) is 12.1 Å². The zero-order valence-corrected chi connectivity index (χ0v) is 23.8. The van der Waals surface area contributed by atoms with Crippen molar-refractivity contribution in [2.45, 2.75) is 19.8 Å². The van der Waals surface area contributed by atoms with Crippen molar-refractivity contribution >= 4 is 35.3 Å². The van der Waals surface area contributed by atoms with Gasteiger partial charge in [-0.05, 0) is 40.8 Å². The van der Waals surface area contributed by atoms with E-state index in [2.05, 4.69) is 4.52 Å². The van der Waals surface area contributed by atoms with Gasteiger partial charge in [0.05, 0.1) is 0 Å². The molecule has 6 nitrogen and oxygen atoms in total. The second-order valence-electron chi connectivity index (χ2n) is 6.75. The van der Waals surface area contributed by atoms with Crippen molar-refractivity contribution in [3.63, 3.8) is 0 Å². The number of hydrogen-bond acceptors (Lipinski definition) is 6. The summed E-state index contributed by atoms with van der Waals surface area (Å²) >= 11 is 0. The third kappa shape index (κ3) is 9.53. The topological polar surface area (TPSA) is 98.7 Å². The zero-order chi connectivity index (χ0) is 22.3. The van der Waals surface area contributed by atoms with Crippen molar-refractivity contribution in [3.05, 3.63) is 84.9 Å². The Bertz CT molecular complexity index is 1240. The summed E-state index contributed by atoms with van der Waals surface area (Å²) in [4.78, 5) is 32.2. The van der Waals surface area contributed by atoms with Gasteiger partial charge in [0.15, 0.2) is 0 Å². The van der Waals surface area contributed by atoms with Crippen LogP contribution in [0.1, 0.15) is 19.8 Å². The maximum Gasteiger partial charge on any atom is 1.00 e. The third-order valence-corrected chi connectivity index (χ3v) is 4.80. The average Bonchev–Trinajstić information content (AvgIpc) is 2.73. The predicted molar refractivity (Wildman–Crippen MR) is 117 cm³/mol. The SMILES string of the molecule is CCCC(=O)Oc1cccc2ccccc12.O=P([O-])([O-])Oc1ccc2ccccc2c1.[Na+].[Na+]. The first-order valence-electron chi connectivity index (χ1n) is 9.74. The van der Waals surface area contributed by atoms with Crippen LogP contribution in [-0.2, 0) is 9.36 Å². The summed E-state index contributed by atoms with van der Waals surface area (Å²) in [5, 5.41) is 3.85. The maximum atomic E-state index is 11.4. The number of hydrogen-bond donors (Lipinski definition) is 0. The summed E-state index contributed by atoms with van der Waals surface area (Å²) in [5.41, 5.74) is 0. The minimum absolute atomic E-state index is 0. The van der Waals surface area contributed by atoms with Crippen LogP contribution in [0.2, 0.25) is 0 Å². The fourth-order valence-corrected chi connectivity index (χ4v) is 3.39. The van der Waals surface area contributed by atoms with Crippen LogP contribution < -0.4 is 78.2 Å². The summed E-state index contributed by atoms with van der Waals surface area (Å²) in [6, 6.07) is 25.7. The molecule has 0 spiro atoms. The number of fused-ring (bicyclic) bond motifs is 2. The molecule has 0 saturated carbocycles. The van der Waals surface area contributed by atoms with Gasteiger partial charge in [-0.2, -0.15) is 0 Å². The van der Waals surface area contributed by atoms with Crippen LogP contribution >= 0.6 is 7.82 Å². The van der Waals surface area contributed by atoms with Crippen molar-refractivity contribution in [2.75, 3.05) is 0 Å². The van der Waals surface area contributed by atoms with Crippen molar-refractivity contribution in [1.82, 2.24) is 0 Å². The van der Waals surface area contributed by atoms with Gasteiger partial charge in [-0.15, -0.1) is 0 Å². The first-order valence-corrected chi connectivity index (χ1v) is 11.2. The molecule has 0 radical (unpaired) electrons. The molecule has 0 bridgehead atoms. The molecule has 0 amide bonds. The molecular weight excluding hydrogens is 461 g/mol. The monoisotopic (exact) mass is 482 g/mol. The van der Waals surface area contributed by atoms with E-state index < -0.39 is 7.82 Å². The van der Waals surface area contributed by atoms with E-state index in [1.807, 2.05) is 73.7 Å². The van der Waals surface area contributed by atoms with Gasteiger partial charge in [0.1, 0.15) is 19.3 Å². The van der Waals surface area contributed by atoms with E-state index in [4.69, 9.17) is 4.74 Å². The molecule has 0 aliphatic heterocycles. The van der Waals surface area contributed by atoms with Crippen LogP contribution in [0, 0.1) is 0 Å². The van der Waals surface area contributed by atoms with E-state index in [0.29, 0.717) is 12.2 Å². The molecule has 0 saturated heterocycles. The molecule has 160 valence electrons. The minimum Gasteiger partial charge on any atom is -0.780 e. The fourth-order valence-electron chi connectivity index (χ4n) is 3.02. The molecule has 4 aromatic carbocycles. The quantitative estimate of drug-likeness (QED) is 0.150. The Morgan fingerprint density at radius 3 is 2.09 bits per heavy atom. The fraction of sp³-hybridized carbons (Fsp3) is 0.125. The van der Waals surface area contributed by atoms with Crippen LogP contribution in [0.3, 0.4) is 0 Å². The first kappa shape index (κ1) is 29.9. The van der Waals surface area contributed by atoms with Gasteiger partial charge >= 0.3 is 65.1 Å². The molecule has 33 heavy (non-hydrogen) atoms. The van der Waals surface area contributed by atoms with Gasteiger partial charge in [0.2, 0.25) is 0 Å². The molecule has 0 fully saturated rings. The average molecular weight is 482 g/mol. The van der Waals surface area contributed by atoms with Gasteiger partial charge < -0.3 is 23.6 Å². The Labute approximate surface area is 237 Å². The summed E-state index contributed by atoms with van der Waals surface area (Å²) in [6.07, 6.45) is 1.27. The molecule has 0 aliphatic rings. The number of esters is 1. The Morgan fingerprint density at radius 2 is 1.42 bits per heavy atom. The van der Waals surface area contributed by atoms with Gasteiger partial charge in [-0.3, -0.25) is 4.79 Å². The van der Waals surface area contributed by atoms with E-state index in [-0.39, 0.29) is 70.8 Å². The van der Waals surface area contributed by atoms with E-state index in [1.54, 1.807) is 6.07 Å². The summed E-state index contributed by atoms with van der Waals surface area (Å²) in [5.74, 6) is 0.525. The number of carbonyl (C=O) groups is 1. The summed E-state index contributed by atoms with van der Waals surface area (Å²) < 4.78 is 20.0. The molecular formula is C24H21Na2O6P. The largest absolute Gasteiger partial charge is 1.00 e. The second-order valence-corrected chi connectivity index (χ2v) is 7.83. The number of phosphoric acid groups is 1. The molecule has 4 aromatic rings. The second kappa shape index (κ2) is 14.3. The first-order chi connectivity index (χ1) is 14.9. The van der Waals surface area contributed by atoms with Gasteiger partial charge in [-0.25, -0.2) is 0 Å². The van der Waals surface area contributed by atoms with E-state index in [9.17, 15) is 19.1 Å². The number of benzene rings is 4. The molecule has 0 aliphatic carbocycles. The zero-order valence-electron chi connectivity index (χ0n) is 18.9. The van der Waals surface area contributed by atoms with E-state index >= 15 is 0 Å². The molecule has 0 aromatic heterocycles. The molecule has 0 N–H and O–H groups in total. The molecule has 4 rings (SSSR count). The summed E-state index contributed by atoms with van der Waals surface area (Å²) in [6.45, 7) is 1.96. The number of carbonyl (C=O) groups excluding carboxylic acids is 1. The summed E-state index contributed by atoms with van der Waals surface area (Å²) in [7, 11) is -4.97. The smallest absolute Gasteiger partial charge is 0.780 e. The predicted octanol–water partition coefficient (Wildman–Crippen LogP) is -1.40. The number of ether oxygens (including phenoxy) is 1. The number of phosphoric ester groups is 1. The van der Waals surface area contributed by atoms with Crippen LogP contribution in [0.4, 0.5) is 0 Å². The molecule has 0 atom stereocenters. The van der Waals surface area contributed by atoms with Crippen LogP contribution in [0.5, 0.6) is 11.5 Å². The van der Waals surface area contributed by atoms with Crippen molar-refractivity contribution in [1.29, 1.82) is 0 Å². The van der Waals surface area contributed by atoms with Crippen LogP contribution in [0.25, 0.3) is 21.5 Å². The standard InChI is InChI=1S/C14H14O2.C10H9O4P.2Na/c1-2-6-14(15)16-13-10-5-8-11-7-3-4-9-12(11)13;11-15(12,13)14-10-6-5-8-3-1-2-4-9(8)7-10;;/h3-5,7-10H,2,6H2,1H3;1-7H,(H2,11,12,13);;/q;;2*+1/p-2. The van der Waals surface area contributed by atoms with Crippen molar-refractivity contribution in [3.8, 4) is 11.5 Å². The number of rotatable bonds is 5. The Morgan fingerprint density at radius 1 is 0.818 bits per heavy atom. The maximum absolute atomic E-state index is 11.4. The third-order valence-electron chi connectivity index (χ3n) is 4.37. The van der Waals surface area contributed by atoms with E-state index in [0.717, 1.165) is 28.0 Å². The van der Waals surface area contributed by atoms with Crippen molar-refractivity contribution < 1.29 is 87.5 Å². The van der Waals surface area contributed by atoms with Gasteiger partial charge in [0.25, 0.3) is 0 Å². The molecule has 9 heteroatoms. The molecule has 0 heterocycles. The Balaban J connectivity index is 0.000000312. The normalized spacial score (nSPS) is 10.3. The minimum atomic E-state index is -4.97. The van der Waals surface area contributed by atoms with Gasteiger partial charge in [-0.1, -0.05) is 73.7 Å². The molecule has 0 unspecified atom stereocenters.